The van der Waals surface area contributed by atoms with E-state index in [0.29, 0.717) is 0 Å². The van der Waals surface area contributed by atoms with Crippen LogP contribution in [0.2, 0.25) is 0 Å². The molecule has 2 nitrogen and oxygen atoms in total. The molecule has 0 atom stereocenters. The van der Waals surface area contributed by atoms with Gasteiger partial charge in [-0.05, 0) is 23.8 Å². The van der Waals surface area contributed by atoms with Gasteiger partial charge in [0.05, 0.1) is 13.4 Å². The zero-order valence-electron chi connectivity index (χ0n) is 7.28. The Labute approximate surface area is 76.8 Å². The van der Waals surface area contributed by atoms with Gasteiger partial charge in [0.2, 0.25) is 0 Å². The fraction of sp³-hybridized carbons (Fsp3) is 0.0909. The summed E-state index contributed by atoms with van der Waals surface area (Å²) in [6.45, 7) is 0. The van der Waals surface area contributed by atoms with Crippen LogP contribution in [-0.2, 0) is 0 Å². The van der Waals surface area contributed by atoms with Gasteiger partial charge in [-0.1, -0.05) is 12.1 Å². The number of methoxy groups -OCH3 is 1. The van der Waals surface area contributed by atoms with Gasteiger partial charge in [0, 0.05) is 5.56 Å². The zero-order valence-corrected chi connectivity index (χ0v) is 7.28. The number of hydrogen-bond acceptors (Lipinski definition) is 2. The lowest BCUT2D eigenvalue weighted by molar-refractivity contribution is 0.415. The maximum atomic E-state index is 5.05. The highest BCUT2D eigenvalue weighted by Crippen LogP contribution is 2.21. The largest absolute Gasteiger partial charge is 0.497 e. The van der Waals surface area contributed by atoms with Gasteiger partial charge in [-0.3, -0.25) is 0 Å². The third-order valence-corrected chi connectivity index (χ3v) is 1.87. The van der Waals surface area contributed by atoms with Crippen LogP contribution in [0.25, 0.3) is 11.1 Å². The van der Waals surface area contributed by atoms with E-state index in [9.17, 15) is 0 Å². The summed E-state index contributed by atoms with van der Waals surface area (Å²) in [7, 11) is 1.65. The molecule has 13 heavy (non-hydrogen) atoms. The predicted octanol–water partition coefficient (Wildman–Crippen LogP) is 2.76. The molecule has 2 aromatic rings. The van der Waals surface area contributed by atoms with Gasteiger partial charge < -0.3 is 9.15 Å². The lowest BCUT2D eigenvalue weighted by Crippen LogP contribution is -1.81. The summed E-state index contributed by atoms with van der Waals surface area (Å²) in [6.07, 6.45) is 4.39. The first-order valence-corrected chi connectivity index (χ1v) is 4.00. The van der Waals surface area contributed by atoms with Crippen molar-refractivity contribution in [2.24, 2.45) is 0 Å². The highest BCUT2D eigenvalue weighted by atomic mass is 16.5. The molecular weight excluding hydrogens is 164 g/mol. The average Bonchev–Trinajstić information content (AvgIpc) is 2.71. The van der Waals surface area contributed by atoms with Crippen LogP contribution in [0.5, 0.6) is 5.75 Å². The lowest BCUT2D eigenvalue weighted by Gasteiger charge is -1.99. The number of hydrogen-bond donors (Lipinski definition) is 0. The van der Waals surface area contributed by atoms with Crippen molar-refractivity contribution >= 4 is 0 Å². The molecule has 1 aromatic carbocycles. The molecule has 1 aromatic heterocycles. The lowest BCUT2D eigenvalue weighted by atomic mass is 10.1. The Morgan fingerprint density at radius 1 is 1.15 bits per heavy atom. The third kappa shape index (κ3) is 1.56. The highest BCUT2D eigenvalue weighted by Gasteiger charge is 1.98. The maximum Gasteiger partial charge on any atom is 0.177 e. The van der Waals surface area contributed by atoms with Crippen molar-refractivity contribution in [2.45, 2.75) is 0 Å². The van der Waals surface area contributed by atoms with Gasteiger partial charge in [-0.25, -0.2) is 0 Å². The fourth-order valence-electron chi connectivity index (χ4n) is 1.16. The molecule has 0 fully saturated rings. The molecule has 1 radical (unpaired) electrons. The van der Waals surface area contributed by atoms with Crippen molar-refractivity contribution in [2.75, 3.05) is 7.11 Å². The van der Waals surface area contributed by atoms with Gasteiger partial charge in [0.25, 0.3) is 0 Å². The molecule has 0 aliphatic carbocycles. The number of rotatable bonds is 2. The van der Waals surface area contributed by atoms with E-state index in [0.717, 1.165) is 16.9 Å². The molecule has 0 aliphatic heterocycles. The minimum absolute atomic E-state index is 0.854. The van der Waals surface area contributed by atoms with Gasteiger partial charge >= 0.3 is 0 Å². The van der Waals surface area contributed by atoms with E-state index in [2.05, 4.69) is 6.26 Å². The number of benzene rings is 1. The quantitative estimate of drug-likeness (QED) is 0.696. The van der Waals surface area contributed by atoms with Crippen LogP contribution < -0.4 is 4.74 Å². The number of ether oxygens (including phenoxy) is 1. The fourth-order valence-corrected chi connectivity index (χ4v) is 1.16. The highest BCUT2D eigenvalue weighted by molar-refractivity contribution is 5.62. The summed E-state index contributed by atoms with van der Waals surface area (Å²) in [6, 6.07) is 9.65. The summed E-state index contributed by atoms with van der Waals surface area (Å²) in [5.74, 6) is 0.854. The molecule has 0 spiro atoms. The van der Waals surface area contributed by atoms with Crippen LogP contribution in [-0.4, -0.2) is 7.11 Å². The Hall–Kier alpha value is -1.70. The molecule has 2 rings (SSSR count). The summed E-state index contributed by atoms with van der Waals surface area (Å²) in [5.41, 5.74) is 2.04. The van der Waals surface area contributed by atoms with Gasteiger partial charge in [0.1, 0.15) is 5.75 Å². The molecule has 1 heterocycles. The number of furan rings is 1. The molecule has 0 unspecified atom stereocenters. The second-order valence-corrected chi connectivity index (χ2v) is 2.66. The van der Waals surface area contributed by atoms with Crippen LogP contribution >= 0.6 is 0 Å². The van der Waals surface area contributed by atoms with E-state index in [1.165, 1.54) is 0 Å². The second-order valence-electron chi connectivity index (χ2n) is 2.66. The van der Waals surface area contributed by atoms with Crippen molar-refractivity contribution < 1.29 is 9.15 Å². The minimum Gasteiger partial charge on any atom is -0.497 e. The van der Waals surface area contributed by atoms with Crippen molar-refractivity contribution in [3.05, 3.63) is 42.9 Å². The first-order chi connectivity index (χ1) is 6.40. The predicted molar refractivity (Wildman–Crippen MR) is 49.5 cm³/mol. The van der Waals surface area contributed by atoms with Gasteiger partial charge in [-0.2, -0.15) is 0 Å². The van der Waals surface area contributed by atoms with Crippen LogP contribution in [0.4, 0.5) is 0 Å². The van der Waals surface area contributed by atoms with Crippen LogP contribution in [0.3, 0.4) is 0 Å². The SMILES string of the molecule is COc1ccc(-c2[c]occ2)cc1. The molecule has 0 aliphatic rings. The molecular formula is C11H9O2. The normalized spacial score (nSPS) is 9.92. The molecule has 0 bridgehead atoms. The molecule has 2 heteroatoms. The van der Waals surface area contributed by atoms with E-state index < -0.39 is 0 Å². The summed E-state index contributed by atoms with van der Waals surface area (Å²) < 4.78 is 9.92. The van der Waals surface area contributed by atoms with E-state index in [1.807, 2.05) is 30.3 Å². The van der Waals surface area contributed by atoms with Crippen LogP contribution in [0.15, 0.2) is 41.0 Å². The Morgan fingerprint density at radius 3 is 2.46 bits per heavy atom. The van der Waals surface area contributed by atoms with Crippen molar-refractivity contribution in [3.63, 3.8) is 0 Å². The average molecular weight is 173 g/mol. The second kappa shape index (κ2) is 3.35. The summed E-state index contributed by atoms with van der Waals surface area (Å²) in [5, 5.41) is 0. The Kier molecular flexibility index (Phi) is 2.04. The van der Waals surface area contributed by atoms with Gasteiger partial charge in [-0.15, -0.1) is 0 Å². The Bertz CT molecular complexity index is 359. The topological polar surface area (TPSA) is 22.4 Å². The molecule has 0 N–H and O–H groups in total. The monoisotopic (exact) mass is 173 g/mol. The van der Waals surface area contributed by atoms with E-state index in [-0.39, 0.29) is 0 Å². The molecule has 0 saturated heterocycles. The Balaban J connectivity index is 2.33. The standard InChI is InChI=1S/C11H9O2/c1-12-11-4-2-9(3-5-11)10-6-7-13-8-10/h2-7H,1H3. The summed E-state index contributed by atoms with van der Waals surface area (Å²) >= 11 is 0. The van der Waals surface area contributed by atoms with Crippen molar-refractivity contribution in [1.82, 2.24) is 0 Å². The van der Waals surface area contributed by atoms with Crippen molar-refractivity contribution in [1.29, 1.82) is 0 Å². The van der Waals surface area contributed by atoms with E-state index >= 15 is 0 Å². The van der Waals surface area contributed by atoms with Gasteiger partial charge in [0.15, 0.2) is 6.26 Å². The maximum absolute atomic E-state index is 5.05. The molecule has 65 valence electrons. The third-order valence-electron chi connectivity index (χ3n) is 1.87. The van der Waals surface area contributed by atoms with E-state index in [4.69, 9.17) is 9.15 Å². The molecule has 0 saturated carbocycles. The minimum atomic E-state index is 0.854. The smallest absolute Gasteiger partial charge is 0.177 e. The molecule has 0 amide bonds. The Morgan fingerprint density at radius 2 is 1.92 bits per heavy atom. The first-order valence-electron chi connectivity index (χ1n) is 4.00. The first kappa shape index (κ1) is 7.92. The van der Waals surface area contributed by atoms with Crippen LogP contribution in [0.1, 0.15) is 0 Å². The van der Waals surface area contributed by atoms with Crippen molar-refractivity contribution in [3.8, 4) is 16.9 Å². The van der Waals surface area contributed by atoms with Crippen LogP contribution in [0, 0.1) is 6.26 Å². The zero-order chi connectivity index (χ0) is 9.10. The summed E-state index contributed by atoms with van der Waals surface area (Å²) in [4.78, 5) is 0. The van der Waals surface area contributed by atoms with E-state index in [1.54, 1.807) is 13.4 Å².